The molecule has 1 rings (SSSR count). The van der Waals surface area contributed by atoms with E-state index in [1.165, 1.54) is 0 Å². The van der Waals surface area contributed by atoms with Gasteiger partial charge < -0.3 is 15.4 Å². The minimum atomic E-state index is -0.417. The first-order valence-electron chi connectivity index (χ1n) is 7.02. The molecule has 6 heteroatoms. The highest BCUT2D eigenvalue weighted by Gasteiger charge is 2.13. The summed E-state index contributed by atoms with van der Waals surface area (Å²) in [5, 5.41) is 8.40. The van der Waals surface area contributed by atoms with Gasteiger partial charge in [-0.3, -0.25) is 14.9 Å². The van der Waals surface area contributed by atoms with Crippen LogP contribution in [0.3, 0.4) is 0 Å². The van der Waals surface area contributed by atoms with E-state index < -0.39 is 6.04 Å². The van der Waals surface area contributed by atoms with Crippen molar-refractivity contribution in [3.63, 3.8) is 0 Å². The third-order valence-corrected chi connectivity index (χ3v) is 2.89. The summed E-state index contributed by atoms with van der Waals surface area (Å²) >= 11 is 0. The van der Waals surface area contributed by atoms with E-state index in [0.717, 1.165) is 6.42 Å². The van der Waals surface area contributed by atoms with E-state index in [2.05, 4.69) is 16.0 Å². The molecule has 0 aliphatic heterocycles. The summed E-state index contributed by atoms with van der Waals surface area (Å²) in [6.45, 7) is 4.40. The fourth-order valence-corrected chi connectivity index (χ4v) is 1.68. The first-order valence-corrected chi connectivity index (χ1v) is 7.02. The Morgan fingerprint density at radius 2 is 2.00 bits per heavy atom. The quantitative estimate of drug-likeness (QED) is 0.671. The van der Waals surface area contributed by atoms with Gasteiger partial charge in [0.1, 0.15) is 5.75 Å². The Kier molecular flexibility index (Phi) is 7.25. The largest absolute Gasteiger partial charge is 0.495 e. The van der Waals surface area contributed by atoms with Crippen molar-refractivity contribution < 1.29 is 14.3 Å². The second kappa shape index (κ2) is 8.97. The van der Waals surface area contributed by atoms with E-state index in [4.69, 9.17) is 4.74 Å². The Hall–Kier alpha value is -2.08. The number of amides is 2. The number of hydrogen-bond acceptors (Lipinski definition) is 4. The number of carbonyl (C=O) groups is 2. The number of methoxy groups -OCH3 is 1. The second-order valence-electron chi connectivity index (χ2n) is 4.64. The molecule has 1 atom stereocenters. The molecule has 2 amide bonds. The molecule has 3 N–H and O–H groups in total. The Bertz CT molecular complexity index is 477. The first-order chi connectivity index (χ1) is 10.1. The molecule has 0 radical (unpaired) electrons. The average Bonchev–Trinajstić information content (AvgIpc) is 2.50. The van der Waals surface area contributed by atoms with Crippen molar-refractivity contribution in [2.24, 2.45) is 0 Å². The van der Waals surface area contributed by atoms with Crippen molar-refractivity contribution in [1.29, 1.82) is 0 Å². The van der Waals surface area contributed by atoms with E-state index in [1.54, 1.807) is 26.2 Å². The Balaban J connectivity index is 2.42. The monoisotopic (exact) mass is 293 g/mol. The van der Waals surface area contributed by atoms with Gasteiger partial charge in [-0.2, -0.15) is 0 Å². The van der Waals surface area contributed by atoms with E-state index >= 15 is 0 Å². The molecule has 21 heavy (non-hydrogen) atoms. The number of rotatable bonds is 8. The minimum Gasteiger partial charge on any atom is -0.495 e. The Labute approximate surface area is 125 Å². The number of benzene rings is 1. The molecular formula is C15H23N3O3. The molecule has 1 aromatic carbocycles. The van der Waals surface area contributed by atoms with E-state index in [9.17, 15) is 9.59 Å². The number of carbonyl (C=O) groups excluding carboxylic acids is 2. The molecule has 0 bridgehead atoms. The fraction of sp³-hybridized carbons (Fsp3) is 0.467. The molecular weight excluding hydrogens is 270 g/mol. The number of anilines is 1. The Morgan fingerprint density at radius 1 is 1.29 bits per heavy atom. The molecule has 0 aromatic heterocycles. The lowest BCUT2D eigenvalue weighted by atomic mass is 10.3. The van der Waals surface area contributed by atoms with Gasteiger partial charge in [0.2, 0.25) is 11.8 Å². The summed E-state index contributed by atoms with van der Waals surface area (Å²) in [5.41, 5.74) is 0.606. The van der Waals surface area contributed by atoms with Crippen LogP contribution in [0.4, 0.5) is 5.69 Å². The third-order valence-electron chi connectivity index (χ3n) is 2.89. The van der Waals surface area contributed by atoms with Crippen LogP contribution in [-0.2, 0) is 9.59 Å². The molecule has 1 aromatic rings. The number of hydrogen-bond donors (Lipinski definition) is 3. The zero-order valence-corrected chi connectivity index (χ0v) is 12.7. The second-order valence-corrected chi connectivity index (χ2v) is 4.64. The van der Waals surface area contributed by atoms with Crippen LogP contribution in [0.15, 0.2) is 24.3 Å². The maximum atomic E-state index is 11.9. The summed E-state index contributed by atoms with van der Waals surface area (Å²) in [7, 11) is 1.55. The van der Waals surface area contributed by atoms with Gasteiger partial charge >= 0.3 is 0 Å². The molecule has 0 fully saturated rings. The van der Waals surface area contributed by atoms with Gasteiger partial charge in [-0.25, -0.2) is 0 Å². The smallest absolute Gasteiger partial charge is 0.238 e. The normalized spacial score (nSPS) is 11.6. The lowest BCUT2D eigenvalue weighted by Gasteiger charge is -2.14. The highest BCUT2D eigenvalue weighted by Crippen LogP contribution is 2.22. The topological polar surface area (TPSA) is 79.5 Å². The van der Waals surface area contributed by atoms with Crippen molar-refractivity contribution in [3.05, 3.63) is 24.3 Å². The highest BCUT2D eigenvalue weighted by atomic mass is 16.5. The fourth-order valence-electron chi connectivity index (χ4n) is 1.68. The molecule has 0 aliphatic rings. The summed E-state index contributed by atoms with van der Waals surface area (Å²) < 4.78 is 5.16. The summed E-state index contributed by atoms with van der Waals surface area (Å²) in [5.74, 6) is 0.260. The molecule has 0 spiro atoms. The lowest BCUT2D eigenvalue weighted by Crippen LogP contribution is -2.45. The molecule has 0 saturated heterocycles. The standard InChI is InChI=1S/C15H23N3O3/c1-4-9-16-15(20)11(2)17-10-14(19)18-12-7-5-6-8-13(12)21-3/h5-8,11,17H,4,9-10H2,1-3H3,(H,16,20)(H,18,19). The van der Waals surface area contributed by atoms with Crippen LogP contribution in [0.5, 0.6) is 5.75 Å². The van der Waals surface area contributed by atoms with Crippen LogP contribution in [0.1, 0.15) is 20.3 Å². The maximum absolute atomic E-state index is 11.9. The van der Waals surface area contributed by atoms with Gasteiger partial charge in [-0.15, -0.1) is 0 Å². The minimum absolute atomic E-state index is 0.0543. The van der Waals surface area contributed by atoms with Crippen LogP contribution < -0.4 is 20.7 Å². The Morgan fingerprint density at radius 3 is 2.67 bits per heavy atom. The van der Waals surface area contributed by atoms with Crippen LogP contribution in [0.2, 0.25) is 0 Å². The number of para-hydroxylation sites is 2. The summed E-state index contributed by atoms with van der Waals surface area (Å²) in [4.78, 5) is 23.5. The maximum Gasteiger partial charge on any atom is 0.238 e. The van der Waals surface area contributed by atoms with Gasteiger partial charge in [0.15, 0.2) is 0 Å². The molecule has 0 aliphatic carbocycles. The van der Waals surface area contributed by atoms with Gasteiger partial charge in [-0.05, 0) is 25.5 Å². The summed E-state index contributed by atoms with van der Waals surface area (Å²) in [6, 6.07) is 6.75. The zero-order valence-electron chi connectivity index (χ0n) is 12.7. The zero-order chi connectivity index (χ0) is 15.7. The van der Waals surface area contributed by atoms with E-state index in [1.807, 2.05) is 19.1 Å². The van der Waals surface area contributed by atoms with Gasteiger partial charge in [0.05, 0.1) is 25.4 Å². The molecule has 0 heterocycles. The highest BCUT2D eigenvalue weighted by molar-refractivity contribution is 5.94. The number of nitrogens with one attached hydrogen (secondary N) is 3. The van der Waals surface area contributed by atoms with Crippen LogP contribution >= 0.6 is 0 Å². The molecule has 116 valence electrons. The first kappa shape index (κ1) is 17.0. The van der Waals surface area contributed by atoms with Gasteiger partial charge in [-0.1, -0.05) is 19.1 Å². The van der Waals surface area contributed by atoms with Gasteiger partial charge in [0, 0.05) is 6.54 Å². The molecule has 1 unspecified atom stereocenters. The molecule has 6 nitrogen and oxygen atoms in total. The predicted molar refractivity (Wildman–Crippen MR) is 82.4 cm³/mol. The van der Waals surface area contributed by atoms with Crippen molar-refractivity contribution in [2.45, 2.75) is 26.3 Å². The van der Waals surface area contributed by atoms with Crippen LogP contribution in [0.25, 0.3) is 0 Å². The SMILES string of the molecule is CCCNC(=O)C(C)NCC(=O)Nc1ccccc1OC. The van der Waals surface area contributed by atoms with Crippen molar-refractivity contribution in [2.75, 3.05) is 25.5 Å². The lowest BCUT2D eigenvalue weighted by molar-refractivity contribution is -0.123. The van der Waals surface area contributed by atoms with Crippen LogP contribution in [0, 0.1) is 0 Å². The van der Waals surface area contributed by atoms with Crippen molar-refractivity contribution in [1.82, 2.24) is 10.6 Å². The molecule has 0 saturated carbocycles. The third kappa shape index (κ3) is 5.83. The van der Waals surface area contributed by atoms with Crippen molar-refractivity contribution >= 4 is 17.5 Å². The van der Waals surface area contributed by atoms with E-state index in [-0.39, 0.29) is 18.4 Å². The predicted octanol–water partition coefficient (Wildman–Crippen LogP) is 1.14. The van der Waals surface area contributed by atoms with Gasteiger partial charge in [0.25, 0.3) is 0 Å². The number of ether oxygens (including phenoxy) is 1. The van der Waals surface area contributed by atoms with E-state index in [0.29, 0.717) is 18.0 Å². The summed E-state index contributed by atoms with van der Waals surface area (Å²) in [6.07, 6.45) is 0.882. The average molecular weight is 293 g/mol. The van der Waals surface area contributed by atoms with Crippen LogP contribution in [-0.4, -0.2) is 38.1 Å². The van der Waals surface area contributed by atoms with Crippen molar-refractivity contribution in [3.8, 4) is 5.75 Å².